The van der Waals surface area contributed by atoms with Crippen LogP contribution in [0.25, 0.3) is 0 Å². The fraction of sp³-hybridized carbons (Fsp3) is 0.188. The molecule has 3 aromatic rings. The lowest BCUT2D eigenvalue weighted by Crippen LogP contribution is -2.19. The summed E-state index contributed by atoms with van der Waals surface area (Å²) in [6, 6.07) is 11.7. The third-order valence-electron chi connectivity index (χ3n) is 3.38. The van der Waals surface area contributed by atoms with Gasteiger partial charge in [-0.05, 0) is 26.0 Å². The Hall–Kier alpha value is -3.09. The largest absolute Gasteiger partial charge is 0.393 e. The Morgan fingerprint density at radius 3 is 2.65 bits per heavy atom. The Kier molecular flexibility index (Phi) is 4.09. The zero-order chi connectivity index (χ0) is 16.2. The molecule has 0 amide bonds. The second-order valence-corrected chi connectivity index (χ2v) is 4.99. The van der Waals surface area contributed by atoms with Gasteiger partial charge in [-0.2, -0.15) is 0 Å². The van der Waals surface area contributed by atoms with Crippen molar-refractivity contribution in [3.63, 3.8) is 0 Å². The predicted molar refractivity (Wildman–Crippen MR) is 90.1 cm³/mol. The van der Waals surface area contributed by atoms with Crippen LogP contribution in [-0.2, 0) is 0 Å². The number of aryl methyl sites for hydroxylation is 1. The molecule has 0 fully saturated rings. The number of para-hydroxylation sites is 1. The Bertz CT molecular complexity index is 786. The number of nitrogens with zero attached hydrogens (tertiary/aromatic N) is 4. The predicted octanol–water partition coefficient (Wildman–Crippen LogP) is 3.26. The number of rotatable bonds is 5. The molecule has 3 rings (SSSR count). The molecule has 3 N–H and O–H groups in total. The van der Waals surface area contributed by atoms with E-state index >= 15 is 0 Å². The number of benzene rings is 1. The number of nitrogens with one attached hydrogen (secondary N) is 1. The van der Waals surface area contributed by atoms with Crippen LogP contribution in [0.4, 0.5) is 28.8 Å². The number of aromatic nitrogens is 3. The fourth-order valence-electron chi connectivity index (χ4n) is 2.31. The zero-order valence-corrected chi connectivity index (χ0v) is 13.0. The first-order valence-electron chi connectivity index (χ1n) is 7.32. The van der Waals surface area contributed by atoms with Crippen molar-refractivity contribution < 1.29 is 4.52 Å². The van der Waals surface area contributed by atoms with Gasteiger partial charge in [-0.3, -0.25) is 0 Å². The molecule has 0 aliphatic carbocycles. The van der Waals surface area contributed by atoms with E-state index in [0.29, 0.717) is 28.9 Å². The maximum atomic E-state index is 6.26. The number of hydrogen-bond donors (Lipinski definition) is 2. The van der Waals surface area contributed by atoms with Crippen LogP contribution in [0, 0.1) is 6.92 Å². The van der Waals surface area contributed by atoms with E-state index in [0.717, 1.165) is 12.2 Å². The normalized spacial score (nSPS) is 10.5. The minimum absolute atomic E-state index is 0.457. The average molecular weight is 310 g/mol. The first-order chi connectivity index (χ1) is 11.2. The number of nitrogen functional groups attached to an aromatic ring is 1. The van der Waals surface area contributed by atoms with Gasteiger partial charge in [-0.1, -0.05) is 23.4 Å². The Morgan fingerprint density at radius 2 is 2.00 bits per heavy atom. The standard InChI is InChI=1S/C16H18N6O/c1-3-22(12-7-5-4-6-8-12)16-14(17)15(18-10-19-16)20-13-9-11(2)23-21-13/h4-10H,3,17H2,1-2H3,(H,18,19,20,21). The smallest absolute Gasteiger partial charge is 0.175 e. The molecular formula is C16H18N6O. The van der Waals surface area contributed by atoms with Gasteiger partial charge in [0.2, 0.25) is 0 Å². The molecule has 7 nitrogen and oxygen atoms in total. The third kappa shape index (κ3) is 3.08. The highest BCUT2D eigenvalue weighted by Crippen LogP contribution is 2.32. The highest BCUT2D eigenvalue weighted by Gasteiger charge is 2.16. The Balaban J connectivity index is 1.95. The lowest BCUT2D eigenvalue weighted by molar-refractivity contribution is 0.400. The first kappa shape index (κ1) is 14.8. The van der Waals surface area contributed by atoms with Gasteiger partial charge in [0.05, 0.1) is 0 Å². The molecule has 0 aliphatic heterocycles. The highest BCUT2D eigenvalue weighted by molar-refractivity contribution is 5.80. The molecule has 0 aliphatic rings. The van der Waals surface area contributed by atoms with Gasteiger partial charge in [0, 0.05) is 18.3 Å². The van der Waals surface area contributed by atoms with Crippen LogP contribution in [0.2, 0.25) is 0 Å². The summed E-state index contributed by atoms with van der Waals surface area (Å²) >= 11 is 0. The van der Waals surface area contributed by atoms with Gasteiger partial charge in [0.1, 0.15) is 17.8 Å². The molecule has 0 spiro atoms. The Morgan fingerprint density at radius 1 is 1.22 bits per heavy atom. The molecule has 1 aromatic carbocycles. The molecular weight excluding hydrogens is 292 g/mol. The van der Waals surface area contributed by atoms with Crippen LogP contribution >= 0.6 is 0 Å². The second-order valence-electron chi connectivity index (χ2n) is 4.99. The van der Waals surface area contributed by atoms with E-state index in [2.05, 4.69) is 20.4 Å². The summed E-state index contributed by atoms with van der Waals surface area (Å²) in [6.07, 6.45) is 1.48. The summed E-state index contributed by atoms with van der Waals surface area (Å²) in [7, 11) is 0. The maximum absolute atomic E-state index is 6.26. The molecule has 0 saturated heterocycles. The van der Waals surface area contributed by atoms with Crippen LogP contribution < -0.4 is 16.0 Å². The topological polar surface area (TPSA) is 93.1 Å². The van der Waals surface area contributed by atoms with Crippen molar-refractivity contribution in [2.45, 2.75) is 13.8 Å². The Labute approximate surface area is 134 Å². The van der Waals surface area contributed by atoms with Crippen LogP contribution in [0.1, 0.15) is 12.7 Å². The summed E-state index contributed by atoms with van der Waals surface area (Å²) in [5, 5.41) is 6.95. The molecule has 0 atom stereocenters. The molecule has 0 saturated carbocycles. The van der Waals surface area contributed by atoms with Crippen molar-refractivity contribution in [2.75, 3.05) is 22.5 Å². The van der Waals surface area contributed by atoms with Gasteiger partial charge < -0.3 is 20.5 Å². The van der Waals surface area contributed by atoms with Gasteiger partial charge >= 0.3 is 0 Å². The summed E-state index contributed by atoms with van der Waals surface area (Å²) in [4.78, 5) is 10.6. The molecule has 0 radical (unpaired) electrons. The van der Waals surface area contributed by atoms with Crippen LogP contribution in [-0.4, -0.2) is 21.7 Å². The van der Waals surface area contributed by atoms with E-state index < -0.39 is 0 Å². The van der Waals surface area contributed by atoms with Gasteiger partial charge in [-0.15, -0.1) is 0 Å². The van der Waals surface area contributed by atoms with Crippen molar-refractivity contribution in [1.82, 2.24) is 15.1 Å². The minimum Gasteiger partial charge on any atom is -0.393 e. The lowest BCUT2D eigenvalue weighted by atomic mass is 10.2. The molecule has 7 heteroatoms. The van der Waals surface area contributed by atoms with Crippen LogP contribution in [0.3, 0.4) is 0 Å². The van der Waals surface area contributed by atoms with E-state index in [1.165, 1.54) is 6.33 Å². The summed E-state index contributed by atoms with van der Waals surface area (Å²) in [6.45, 7) is 4.59. The maximum Gasteiger partial charge on any atom is 0.175 e. The summed E-state index contributed by atoms with van der Waals surface area (Å²) in [5.74, 6) is 2.41. The fourth-order valence-corrected chi connectivity index (χ4v) is 2.31. The van der Waals surface area contributed by atoms with Crippen molar-refractivity contribution in [3.8, 4) is 0 Å². The molecule has 0 bridgehead atoms. The van der Waals surface area contributed by atoms with Crippen LogP contribution in [0.15, 0.2) is 47.2 Å². The van der Waals surface area contributed by atoms with Crippen molar-refractivity contribution >= 4 is 28.8 Å². The quantitative estimate of drug-likeness (QED) is 0.747. The number of hydrogen-bond acceptors (Lipinski definition) is 7. The van der Waals surface area contributed by atoms with E-state index in [9.17, 15) is 0 Å². The average Bonchev–Trinajstić information content (AvgIpc) is 2.98. The molecule has 118 valence electrons. The SMILES string of the molecule is CCN(c1ccccc1)c1ncnc(Nc2cc(C)on2)c1N. The van der Waals surface area contributed by atoms with Crippen LogP contribution in [0.5, 0.6) is 0 Å². The molecule has 2 aromatic heterocycles. The van der Waals surface area contributed by atoms with E-state index in [1.54, 1.807) is 6.07 Å². The van der Waals surface area contributed by atoms with E-state index in [1.807, 2.05) is 49.1 Å². The van der Waals surface area contributed by atoms with Crippen molar-refractivity contribution in [2.24, 2.45) is 0 Å². The number of anilines is 5. The van der Waals surface area contributed by atoms with Crippen molar-refractivity contribution in [1.29, 1.82) is 0 Å². The molecule has 2 heterocycles. The number of nitrogens with two attached hydrogens (primary N) is 1. The molecule has 0 unspecified atom stereocenters. The van der Waals surface area contributed by atoms with Crippen molar-refractivity contribution in [3.05, 3.63) is 48.5 Å². The summed E-state index contributed by atoms with van der Waals surface area (Å²) < 4.78 is 5.04. The zero-order valence-electron chi connectivity index (χ0n) is 13.0. The second kappa shape index (κ2) is 6.35. The monoisotopic (exact) mass is 310 g/mol. The van der Waals surface area contributed by atoms with Gasteiger partial charge in [0.15, 0.2) is 17.5 Å². The highest BCUT2D eigenvalue weighted by atomic mass is 16.5. The van der Waals surface area contributed by atoms with Gasteiger partial charge in [-0.25, -0.2) is 9.97 Å². The minimum atomic E-state index is 0.457. The van der Waals surface area contributed by atoms with E-state index in [-0.39, 0.29) is 0 Å². The third-order valence-corrected chi connectivity index (χ3v) is 3.38. The first-order valence-corrected chi connectivity index (χ1v) is 7.32. The van der Waals surface area contributed by atoms with Gasteiger partial charge in [0.25, 0.3) is 0 Å². The van der Waals surface area contributed by atoms with E-state index in [4.69, 9.17) is 10.3 Å². The molecule has 23 heavy (non-hydrogen) atoms. The lowest BCUT2D eigenvalue weighted by Gasteiger charge is -2.24. The summed E-state index contributed by atoms with van der Waals surface area (Å²) in [5.41, 5.74) is 7.74.